The van der Waals surface area contributed by atoms with Crippen LogP contribution in [0.2, 0.25) is 0 Å². The number of thioether (sulfide) groups is 1. The van der Waals surface area contributed by atoms with Crippen molar-refractivity contribution in [1.82, 2.24) is 14.8 Å². The first-order valence-corrected chi connectivity index (χ1v) is 10.3. The number of nitro groups is 1. The van der Waals surface area contributed by atoms with E-state index in [0.717, 1.165) is 5.75 Å². The van der Waals surface area contributed by atoms with E-state index in [1.807, 2.05) is 48.7 Å². The predicted octanol–water partition coefficient (Wildman–Crippen LogP) is 4.08. The Labute approximate surface area is 177 Å². The molecule has 0 aliphatic heterocycles. The number of benzene rings is 2. The van der Waals surface area contributed by atoms with Gasteiger partial charge in [0.05, 0.1) is 10.7 Å². The largest absolute Gasteiger partial charge is 0.483 e. The van der Waals surface area contributed by atoms with E-state index in [-0.39, 0.29) is 29.1 Å². The third-order valence-electron chi connectivity index (χ3n) is 4.19. The van der Waals surface area contributed by atoms with Gasteiger partial charge in [0.1, 0.15) is 11.4 Å². The number of hydrogen-bond donors (Lipinski definition) is 1. The Morgan fingerprint density at radius 2 is 1.90 bits per heavy atom. The fourth-order valence-electron chi connectivity index (χ4n) is 2.82. The minimum Gasteiger partial charge on any atom is -0.483 e. The first-order chi connectivity index (χ1) is 14.5. The summed E-state index contributed by atoms with van der Waals surface area (Å²) in [6.45, 7) is 4.46. The van der Waals surface area contributed by atoms with Crippen LogP contribution in [0.25, 0.3) is 0 Å². The Hall–Kier alpha value is -3.40. The molecule has 10 heteroatoms. The number of carbonyl (C=O) groups excluding carboxylic acids is 1. The second-order valence-electron chi connectivity index (χ2n) is 6.27. The molecule has 9 nitrogen and oxygen atoms in total. The molecule has 0 spiro atoms. The van der Waals surface area contributed by atoms with Crippen molar-refractivity contribution >= 4 is 29.0 Å². The summed E-state index contributed by atoms with van der Waals surface area (Å²) in [6, 6.07) is 15.4. The molecule has 0 saturated carbocycles. The van der Waals surface area contributed by atoms with Crippen LogP contribution < -0.4 is 10.1 Å². The number of amides is 1. The monoisotopic (exact) mass is 427 g/mol. The molecule has 3 aromatic rings. The molecule has 2 aromatic carbocycles. The standard InChI is InChI=1S/C20H21N5O4S/c1-3-24-19(14(2)29-15-9-5-4-6-10-15)22-23-20(24)30-13-18(26)21-16-11-7-8-12-17(16)25(27)28/h4-12,14H,3,13H2,1-2H3,(H,21,26). The number of nitrogens with one attached hydrogen (secondary N) is 1. The van der Waals surface area contributed by atoms with E-state index in [1.165, 1.54) is 23.9 Å². The van der Waals surface area contributed by atoms with Crippen molar-refractivity contribution in [2.24, 2.45) is 0 Å². The number of nitro benzene ring substituents is 1. The lowest BCUT2D eigenvalue weighted by Gasteiger charge is -2.15. The minimum absolute atomic E-state index is 0.0398. The van der Waals surface area contributed by atoms with Crippen molar-refractivity contribution in [3.8, 4) is 5.75 Å². The highest BCUT2D eigenvalue weighted by molar-refractivity contribution is 7.99. The third-order valence-corrected chi connectivity index (χ3v) is 5.16. The van der Waals surface area contributed by atoms with Crippen molar-refractivity contribution in [3.63, 3.8) is 0 Å². The fourth-order valence-corrected chi connectivity index (χ4v) is 3.62. The number of hydrogen-bond acceptors (Lipinski definition) is 7. The minimum atomic E-state index is -0.531. The fraction of sp³-hybridized carbons (Fsp3) is 0.250. The number of anilines is 1. The SMILES string of the molecule is CCn1c(SCC(=O)Nc2ccccc2[N+](=O)[O-])nnc1C(C)Oc1ccccc1. The smallest absolute Gasteiger partial charge is 0.292 e. The van der Waals surface area contributed by atoms with Gasteiger partial charge in [-0.3, -0.25) is 14.9 Å². The van der Waals surface area contributed by atoms with Gasteiger partial charge in [0, 0.05) is 12.6 Å². The van der Waals surface area contributed by atoms with Crippen molar-refractivity contribution in [1.29, 1.82) is 0 Å². The van der Waals surface area contributed by atoms with E-state index in [9.17, 15) is 14.9 Å². The first kappa shape index (κ1) is 21.3. The molecule has 0 saturated heterocycles. The lowest BCUT2D eigenvalue weighted by atomic mass is 10.2. The van der Waals surface area contributed by atoms with E-state index in [2.05, 4.69) is 15.5 Å². The summed E-state index contributed by atoms with van der Waals surface area (Å²) in [5.41, 5.74) is 0.0115. The Kier molecular flexibility index (Phi) is 7.02. The van der Waals surface area contributed by atoms with Crippen LogP contribution in [0.15, 0.2) is 59.8 Å². The highest BCUT2D eigenvalue weighted by atomic mass is 32.2. The molecule has 0 fully saturated rings. The molecule has 1 aromatic heterocycles. The molecule has 1 N–H and O–H groups in total. The van der Waals surface area contributed by atoms with E-state index in [1.54, 1.807) is 12.1 Å². The normalized spacial score (nSPS) is 11.7. The van der Waals surface area contributed by atoms with Crippen LogP contribution in [0.1, 0.15) is 25.8 Å². The van der Waals surface area contributed by atoms with Gasteiger partial charge in [-0.1, -0.05) is 42.1 Å². The molecule has 0 radical (unpaired) electrons. The number of carbonyl (C=O) groups is 1. The maximum atomic E-state index is 12.3. The quantitative estimate of drug-likeness (QED) is 0.311. The van der Waals surface area contributed by atoms with Crippen LogP contribution in [0, 0.1) is 10.1 Å². The molecule has 1 amide bonds. The Morgan fingerprint density at radius 3 is 2.60 bits per heavy atom. The summed E-state index contributed by atoms with van der Waals surface area (Å²) in [6.07, 6.45) is -0.324. The highest BCUT2D eigenvalue weighted by Gasteiger charge is 2.20. The molecule has 1 heterocycles. The van der Waals surface area contributed by atoms with Crippen LogP contribution in [-0.4, -0.2) is 31.3 Å². The van der Waals surface area contributed by atoms with Crippen molar-refractivity contribution in [2.45, 2.75) is 31.7 Å². The van der Waals surface area contributed by atoms with Gasteiger partial charge in [-0.05, 0) is 32.0 Å². The zero-order valence-electron chi connectivity index (χ0n) is 16.5. The Balaban J connectivity index is 1.65. The van der Waals surface area contributed by atoms with Crippen molar-refractivity contribution in [3.05, 3.63) is 70.5 Å². The second kappa shape index (κ2) is 9.88. The summed E-state index contributed by atoms with van der Waals surface area (Å²) in [4.78, 5) is 22.9. The number of rotatable bonds is 9. The van der Waals surface area contributed by atoms with Gasteiger partial charge in [0.25, 0.3) is 5.69 Å². The molecule has 3 rings (SSSR count). The van der Waals surface area contributed by atoms with Gasteiger partial charge in [0.15, 0.2) is 17.1 Å². The molecule has 30 heavy (non-hydrogen) atoms. The van der Waals surface area contributed by atoms with Gasteiger partial charge < -0.3 is 14.6 Å². The van der Waals surface area contributed by atoms with Crippen LogP contribution in [0.3, 0.4) is 0 Å². The van der Waals surface area contributed by atoms with E-state index in [4.69, 9.17) is 4.74 Å². The molecule has 0 bridgehead atoms. The zero-order valence-corrected chi connectivity index (χ0v) is 17.3. The highest BCUT2D eigenvalue weighted by Crippen LogP contribution is 2.26. The van der Waals surface area contributed by atoms with E-state index < -0.39 is 4.92 Å². The summed E-state index contributed by atoms with van der Waals surface area (Å²) < 4.78 is 7.81. The molecule has 156 valence electrons. The Bertz CT molecular complexity index is 1030. The average molecular weight is 427 g/mol. The predicted molar refractivity (Wildman–Crippen MR) is 114 cm³/mol. The van der Waals surface area contributed by atoms with Gasteiger partial charge in [-0.25, -0.2) is 0 Å². The average Bonchev–Trinajstić information content (AvgIpc) is 3.16. The molecule has 1 unspecified atom stereocenters. The zero-order chi connectivity index (χ0) is 21.5. The van der Waals surface area contributed by atoms with Crippen LogP contribution in [0.4, 0.5) is 11.4 Å². The summed E-state index contributed by atoms with van der Waals surface area (Å²) >= 11 is 1.21. The van der Waals surface area contributed by atoms with Crippen LogP contribution >= 0.6 is 11.8 Å². The second-order valence-corrected chi connectivity index (χ2v) is 7.21. The number of ether oxygens (including phenoxy) is 1. The maximum Gasteiger partial charge on any atom is 0.292 e. The lowest BCUT2D eigenvalue weighted by Crippen LogP contribution is -2.16. The maximum absolute atomic E-state index is 12.3. The third kappa shape index (κ3) is 5.15. The molecular formula is C20H21N5O4S. The number of para-hydroxylation sites is 3. The topological polar surface area (TPSA) is 112 Å². The first-order valence-electron chi connectivity index (χ1n) is 9.30. The van der Waals surface area contributed by atoms with Crippen molar-refractivity contribution in [2.75, 3.05) is 11.1 Å². The van der Waals surface area contributed by atoms with Gasteiger partial charge in [0.2, 0.25) is 5.91 Å². The molecule has 0 aliphatic carbocycles. The van der Waals surface area contributed by atoms with Crippen molar-refractivity contribution < 1.29 is 14.5 Å². The van der Waals surface area contributed by atoms with E-state index >= 15 is 0 Å². The van der Waals surface area contributed by atoms with Crippen LogP contribution in [-0.2, 0) is 11.3 Å². The molecular weight excluding hydrogens is 406 g/mol. The van der Waals surface area contributed by atoms with Gasteiger partial charge >= 0.3 is 0 Å². The Morgan fingerprint density at radius 1 is 1.20 bits per heavy atom. The van der Waals surface area contributed by atoms with Gasteiger partial charge in [-0.15, -0.1) is 10.2 Å². The molecule has 1 atom stereocenters. The number of aromatic nitrogens is 3. The van der Waals surface area contributed by atoms with Crippen LogP contribution in [0.5, 0.6) is 5.75 Å². The van der Waals surface area contributed by atoms with Gasteiger partial charge in [-0.2, -0.15) is 0 Å². The molecule has 0 aliphatic rings. The summed E-state index contributed by atoms with van der Waals surface area (Å²) in [7, 11) is 0. The van der Waals surface area contributed by atoms with E-state index in [0.29, 0.717) is 17.5 Å². The lowest BCUT2D eigenvalue weighted by molar-refractivity contribution is -0.383. The summed E-state index contributed by atoms with van der Waals surface area (Å²) in [5.74, 6) is 1.06. The summed E-state index contributed by atoms with van der Waals surface area (Å²) in [5, 5.41) is 22.6. The number of nitrogens with zero attached hydrogens (tertiary/aromatic N) is 4.